The predicted molar refractivity (Wildman–Crippen MR) is 31.2 cm³/mol. The van der Waals surface area contributed by atoms with Gasteiger partial charge >= 0.3 is 5.97 Å². The number of nitriles is 1. The number of hydrogen-bond donors (Lipinski definition) is 1. The Bertz CT molecular complexity index is 192. The van der Waals surface area contributed by atoms with Crippen LogP contribution in [0.5, 0.6) is 0 Å². The lowest BCUT2D eigenvalue weighted by Crippen LogP contribution is -2.14. The van der Waals surface area contributed by atoms with E-state index in [0.29, 0.717) is 0 Å². The second kappa shape index (κ2) is 4.32. The summed E-state index contributed by atoms with van der Waals surface area (Å²) in [6.45, 7) is 1.60. The van der Waals surface area contributed by atoms with E-state index in [1.807, 2.05) is 0 Å². The first-order chi connectivity index (χ1) is 4.76. The van der Waals surface area contributed by atoms with E-state index in [9.17, 15) is 4.79 Å². The van der Waals surface area contributed by atoms with E-state index >= 15 is 0 Å². The Labute approximate surface area is 57.5 Å². The highest BCUT2D eigenvalue weighted by Crippen LogP contribution is 1.87. The molecule has 0 aliphatic heterocycles. The van der Waals surface area contributed by atoms with E-state index in [2.05, 4.69) is 9.89 Å². The molecule has 0 radical (unpaired) electrons. The maximum atomic E-state index is 10.5. The van der Waals surface area contributed by atoms with Crippen LogP contribution in [-0.2, 0) is 9.53 Å². The SMILES string of the molecule is CCC(=NO)C(=O)OC#N. The lowest BCUT2D eigenvalue weighted by Gasteiger charge is -1.92. The maximum absolute atomic E-state index is 10.5. The quantitative estimate of drug-likeness (QED) is 0.197. The topological polar surface area (TPSA) is 82.7 Å². The lowest BCUT2D eigenvalue weighted by molar-refractivity contribution is -0.129. The van der Waals surface area contributed by atoms with E-state index in [-0.39, 0.29) is 12.1 Å². The summed E-state index contributed by atoms with van der Waals surface area (Å²) in [4.78, 5) is 10.5. The van der Waals surface area contributed by atoms with Gasteiger partial charge in [0.1, 0.15) is 0 Å². The van der Waals surface area contributed by atoms with Crippen LogP contribution >= 0.6 is 0 Å². The monoisotopic (exact) mass is 142 g/mol. The third-order valence-corrected chi connectivity index (χ3v) is 0.830. The normalized spacial score (nSPS) is 10.2. The van der Waals surface area contributed by atoms with Crippen LogP contribution in [0.4, 0.5) is 0 Å². The largest absolute Gasteiger partial charge is 0.410 e. The van der Waals surface area contributed by atoms with E-state index in [4.69, 9.17) is 10.5 Å². The van der Waals surface area contributed by atoms with Gasteiger partial charge in [0.25, 0.3) is 6.26 Å². The second-order valence-corrected chi connectivity index (χ2v) is 1.38. The van der Waals surface area contributed by atoms with Crippen LogP contribution in [0, 0.1) is 11.5 Å². The number of rotatable bonds is 2. The van der Waals surface area contributed by atoms with Gasteiger partial charge in [-0.3, -0.25) is 0 Å². The van der Waals surface area contributed by atoms with Gasteiger partial charge in [0.05, 0.1) is 0 Å². The number of esters is 1. The second-order valence-electron chi connectivity index (χ2n) is 1.38. The molecule has 0 fully saturated rings. The summed E-state index contributed by atoms with van der Waals surface area (Å²) >= 11 is 0. The molecule has 0 saturated carbocycles. The number of hydrogen-bond acceptors (Lipinski definition) is 5. The zero-order valence-electron chi connectivity index (χ0n) is 5.37. The van der Waals surface area contributed by atoms with Crippen molar-refractivity contribution in [1.82, 2.24) is 0 Å². The smallest absolute Gasteiger partial charge is 0.371 e. The molecule has 0 unspecified atom stereocenters. The lowest BCUT2D eigenvalue weighted by atomic mass is 10.3. The van der Waals surface area contributed by atoms with Crippen molar-refractivity contribution in [3.8, 4) is 6.26 Å². The first-order valence-electron chi connectivity index (χ1n) is 2.57. The van der Waals surface area contributed by atoms with Gasteiger partial charge < -0.3 is 9.94 Å². The van der Waals surface area contributed by atoms with Gasteiger partial charge in [0.15, 0.2) is 5.71 Å². The molecule has 5 heteroatoms. The van der Waals surface area contributed by atoms with Gasteiger partial charge in [-0.25, -0.2) is 4.79 Å². The summed E-state index contributed by atoms with van der Waals surface area (Å²) < 4.78 is 3.86. The van der Waals surface area contributed by atoms with Crippen molar-refractivity contribution < 1.29 is 14.7 Å². The van der Waals surface area contributed by atoms with E-state index in [0.717, 1.165) is 0 Å². The van der Waals surface area contributed by atoms with Crippen molar-refractivity contribution in [3.63, 3.8) is 0 Å². The van der Waals surface area contributed by atoms with Crippen LogP contribution in [0.2, 0.25) is 0 Å². The van der Waals surface area contributed by atoms with Crippen LogP contribution < -0.4 is 0 Å². The van der Waals surface area contributed by atoms with Crippen LogP contribution in [0.3, 0.4) is 0 Å². The number of carbonyl (C=O) groups is 1. The standard InChI is InChI=1S/C5H6N2O3/c1-2-4(7-9)5(8)10-3-6/h9H,2H2,1H3. The molecule has 0 heterocycles. The molecular formula is C5H6N2O3. The highest BCUT2D eigenvalue weighted by Gasteiger charge is 2.10. The van der Waals surface area contributed by atoms with E-state index in [1.54, 1.807) is 6.92 Å². The van der Waals surface area contributed by atoms with Crippen LogP contribution in [0.25, 0.3) is 0 Å². The minimum atomic E-state index is -0.910. The summed E-state index contributed by atoms with van der Waals surface area (Å²) in [5, 5.41) is 18.6. The first kappa shape index (κ1) is 8.43. The summed E-state index contributed by atoms with van der Waals surface area (Å²) in [7, 11) is 0. The molecule has 0 saturated heterocycles. The Balaban J connectivity index is 4.07. The summed E-state index contributed by atoms with van der Waals surface area (Å²) in [5.41, 5.74) is -0.165. The molecule has 5 nitrogen and oxygen atoms in total. The molecular weight excluding hydrogens is 136 g/mol. The fraction of sp³-hybridized carbons (Fsp3) is 0.400. The molecule has 0 atom stereocenters. The van der Waals surface area contributed by atoms with Gasteiger partial charge in [0, 0.05) is 0 Å². The van der Waals surface area contributed by atoms with Crippen molar-refractivity contribution in [2.75, 3.05) is 0 Å². The van der Waals surface area contributed by atoms with Gasteiger partial charge in [-0.15, -0.1) is 5.26 Å². The van der Waals surface area contributed by atoms with Crippen LogP contribution in [-0.4, -0.2) is 16.9 Å². The average molecular weight is 142 g/mol. The molecule has 0 rings (SSSR count). The Morgan fingerprint density at radius 1 is 1.90 bits per heavy atom. The minimum absolute atomic E-state index is 0.165. The minimum Gasteiger partial charge on any atom is -0.410 e. The number of oxime groups is 1. The Morgan fingerprint density at radius 2 is 2.50 bits per heavy atom. The Kier molecular flexibility index (Phi) is 3.64. The molecule has 0 aromatic heterocycles. The van der Waals surface area contributed by atoms with Gasteiger partial charge in [-0.2, -0.15) is 0 Å². The van der Waals surface area contributed by atoms with Crippen molar-refractivity contribution in [2.24, 2.45) is 5.16 Å². The van der Waals surface area contributed by atoms with Gasteiger partial charge in [-0.05, 0) is 6.42 Å². The third kappa shape index (κ3) is 2.13. The Morgan fingerprint density at radius 3 is 2.80 bits per heavy atom. The molecule has 0 aromatic carbocycles. The fourth-order valence-corrected chi connectivity index (χ4v) is 0.356. The van der Waals surface area contributed by atoms with Crippen LogP contribution in [0.15, 0.2) is 5.16 Å². The zero-order valence-corrected chi connectivity index (χ0v) is 5.37. The first-order valence-corrected chi connectivity index (χ1v) is 2.57. The number of carbonyl (C=O) groups excluding carboxylic acids is 1. The van der Waals surface area contributed by atoms with Crippen LogP contribution in [0.1, 0.15) is 13.3 Å². The highest BCUT2D eigenvalue weighted by molar-refractivity contribution is 6.36. The van der Waals surface area contributed by atoms with Gasteiger partial charge in [-0.1, -0.05) is 12.1 Å². The van der Waals surface area contributed by atoms with Crippen molar-refractivity contribution in [2.45, 2.75) is 13.3 Å². The van der Waals surface area contributed by atoms with Gasteiger partial charge in [0.2, 0.25) is 0 Å². The number of ether oxygens (including phenoxy) is 1. The Hall–Kier alpha value is -1.57. The summed E-state index contributed by atoms with van der Waals surface area (Å²) in [6, 6.07) is 0. The van der Waals surface area contributed by atoms with Crippen molar-refractivity contribution in [3.05, 3.63) is 0 Å². The number of nitrogens with zero attached hydrogens (tertiary/aromatic N) is 2. The molecule has 1 N–H and O–H groups in total. The van der Waals surface area contributed by atoms with E-state index < -0.39 is 5.97 Å². The summed E-state index contributed by atoms with van der Waals surface area (Å²) in [6.07, 6.45) is 1.41. The fourth-order valence-electron chi connectivity index (χ4n) is 0.356. The highest BCUT2D eigenvalue weighted by atomic mass is 16.5. The molecule has 0 bridgehead atoms. The molecule has 0 aliphatic rings. The predicted octanol–water partition coefficient (Wildman–Crippen LogP) is 0.251. The molecule has 54 valence electrons. The average Bonchev–Trinajstić information content (AvgIpc) is 1.91. The molecule has 0 amide bonds. The van der Waals surface area contributed by atoms with Crippen molar-refractivity contribution in [1.29, 1.82) is 5.26 Å². The molecule has 0 aromatic rings. The molecule has 0 spiro atoms. The molecule has 0 aliphatic carbocycles. The molecule has 10 heavy (non-hydrogen) atoms. The third-order valence-electron chi connectivity index (χ3n) is 0.830. The van der Waals surface area contributed by atoms with Crippen molar-refractivity contribution >= 4 is 11.7 Å². The van der Waals surface area contributed by atoms with E-state index in [1.165, 1.54) is 6.26 Å². The summed E-state index contributed by atoms with van der Waals surface area (Å²) in [5.74, 6) is -0.910. The maximum Gasteiger partial charge on any atom is 0.371 e. The zero-order chi connectivity index (χ0) is 7.98.